The van der Waals surface area contributed by atoms with Gasteiger partial charge < -0.3 is 29.9 Å². The SMILES string of the molecule is CNc1ccc(OC2CCN(C(=O)CN(C)C)CC2)cc1C(=N)Nc1ccc(OCc2ccccn2)c(Cl)c1. The highest BCUT2D eigenvalue weighted by Gasteiger charge is 2.24. The molecule has 3 N–H and O–H groups in total. The Morgan fingerprint density at radius 1 is 1.15 bits per heavy atom. The average molecular weight is 551 g/mol. The Bertz CT molecular complexity index is 1280. The molecule has 0 saturated carbocycles. The number of pyridine rings is 1. The van der Waals surface area contributed by atoms with Crippen LogP contribution < -0.4 is 20.1 Å². The first-order valence-electron chi connectivity index (χ1n) is 12.9. The molecule has 1 aliphatic rings. The van der Waals surface area contributed by atoms with Gasteiger partial charge in [0.15, 0.2) is 0 Å². The van der Waals surface area contributed by atoms with Crippen LogP contribution in [0.5, 0.6) is 11.5 Å². The fourth-order valence-corrected chi connectivity index (χ4v) is 4.59. The Hall–Kier alpha value is -3.82. The lowest BCUT2D eigenvalue weighted by Crippen LogP contribution is -2.45. The zero-order chi connectivity index (χ0) is 27.8. The Kier molecular flexibility index (Phi) is 9.62. The molecule has 2 heterocycles. The largest absolute Gasteiger partial charge is 0.490 e. The van der Waals surface area contributed by atoms with E-state index in [0.717, 1.165) is 24.2 Å². The van der Waals surface area contributed by atoms with Crippen LogP contribution in [0.4, 0.5) is 11.4 Å². The van der Waals surface area contributed by atoms with Crippen molar-refractivity contribution in [1.29, 1.82) is 5.41 Å². The van der Waals surface area contributed by atoms with Crippen molar-refractivity contribution in [2.75, 3.05) is 51.4 Å². The number of nitrogens with one attached hydrogen (secondary N) is 3. The second-order valence-corrected chi connectivity index (χ2v) is 10.1. The summed E-state index contributed by atoms with van der Waals surface area (Å²) in [6.45, 7) is 2.09. The van der Waals surface area contributed by atoms with Crippen LogP contribution in [-0.4, -0.2) is 73.4 Å². The molecule has 3 aromatic rings. The number of halogens is 1. The van der Waals surface area contributed by atoms with Gasteiger partial charge in [-0.1, -0.05) is 17.7 Å². The topological polar surface area (TPSA) is 103 Å². The van der Waals surface area contributed by atoms with Gasteiger partial charge in [0.2, 0.25) is 5.91 Å². The Labute approximate surface area is 234 Å². The maximum absolute atomic E-state index is 12.3. The number of hydrogen-bond donors (Lipinski definition) is 3. The number of piperidine rings is 1. The quantitative estimate of drug-likeness (QED) is 0.248. The van der Waals surface area contributed by atoms with Gasteiger partial charge in [0.25, 0.3) is 0 Å². The second-order valence-electron chi connectivity index (χ2n) is 9.65. The molecule has 1 saturated heterocycles. The summed E-state index contributed by atoms with van der Waals surface area (Å²) in [7, 11) is 5.61. The number of amides is 1. The summed E-state index contributed by atoms with van der Waals surface area (Å²) in [4.78, 5) is 20.4. The maximum atomic E-state index is 12.3. The van der Waals surface area contributed by atoms with Crippen molar-refractivity contribution < 1.29 is 14.3 Å². The molecule has 10 heteroatoms. The van der Waals surface area contributed by atoms with Crippen LogP contribution in [0.2, 0.25) is 5.02 Å². The van der Waals surface area contributed by atoms with Crippen molar-refractivity contribution >= 4 is 34.7 Å². The van der Waals surface area contributed by atoms with Crippen LogP contribution in [0.1, 0.15) is 24.1 Å². The number of amidine groups is 1. The van der Waals surface area contributed by atoms with Gasteiger partial charge in [-0.3, -0.25) is 15.2 Å². The lowest BCUT2D eigenvalue weighted by atomic mass is 10.1. The lowest BCUT2D eigenvalue weighted by Gasteiger charge is -2.33. The van der Waals surface area contributed by atoms with Gasteiger partial charge in [-0.25, -0.2) is 0 Å². The van der Waals surface area contributed by atoms with E-state index in [0.29, 0.717) is 54.0 Å². The first-order chi connectivity index (χ1) is 18.8. The monoisotopic (exact) mass is 550 g/mol. The highest BCUT2D eigenvalue weighted by atomic mass is 35.5. The Balaban J connectivity index is 1.37. The van der Waals surface area contributed by atoms with Crippen molar-refractivity contribution in [2.45, 2.75) is 25.6 Å². The first-order valence-corrected chi connectivity index (χ1v) is 13.3. The van der Waals surface area contributed by atoms with E-state index in [1.807, 2.05) is 73.4 Å². The summed E-state index contributed by atoms with van der Waals surface area (Å²) in [6, 6.07) is 16.6. The molecule has 0 spiro atoms. The number of aromatic nitrogens is 1. The van der Waals surface area contributed by atoms with E-state index >= 15 is 0 Å². The van der Waals surface area contributed by atoms with Gasteiger partial charge >= 0.3 is 0 Å². The normalized spacial score (nSPS) is 13.7. The third kappa shape index (κ3) is 7.84. The number of carbonyl (C=O) groups is 1. The van der Waals surface area contributed by atoms with Gasteiger partial charge in [-0.15, -0.1) is 0 Å². The predicted octanol–water partition coefficient (Wildman–Crippen LogP) is 4.72. The van der Waals surface area contributed by atoms with Gasteiger partial charge in [0.1, 0.15) is 30.0 Å². The fraction of sp³-hybridized carbons (Fsp3) is 0.345. The van der Waals surface area contributed by atoms with E-state index < -0.39 is 0 Å². The summed E-state index contributed by atoms with van der Waals surface area (Å²) in [5, 5.41) is 15.4. The van der Waals surface area contributed by atoms with Gasteiger partial charge in [0, 0.05) is 56.1 Å². The zero-order valence-electron chi connectivity index (χ0n) is 22.5. The van der Waals surface area contributed by atoms with Crippen LogP contribution in [0.25, 0.3) is 0 Å². The smallest absolute Gasteiger partial charge is 0.236 e. The number of carbonyl (C=O) groups excluding carboxylic acids is 1. The van der Waals surface area contributed by atoms with Crippen LogP contribution in [0, 0.1) is 5.41 Å². The van der Waals surface area contributed by atoms with Crippen molar-refractivity contribution in [2.24, 2.45) is 0 Å². The molecule has 1 aliphatic heterocycles. The molecule has 0 atom stereocenters. The maximum Gasteiger partial charge on any atom is 0.236 e. The molecule has 9 nitrogen and oxygen atoms in total. The third-order valence-corrected chi connectivity index (χ3v) is 6.68. The van der Waals surface area contributed by atoms with Crippen LogP contribution in [0.3, 0.4) is 0 Å². The Morgan fingerprint density at radius 2 is 1.95 bits per heavy atom. The molecule has 0 bridgehead atoms. The minimum absolute atomic E-state index is 0.0151. The van der Waals surface area contributed by atoms with E-state index in [2.05, 4.69) is 15.6 Å². The van der Waals surface area contributed by atoms with Crippen LogP contribution >= 0.6 is 11.6 Å². The van der Waals surface area contributed by atoms with Crippen LogP contribution in [0.15, 0.2) is 60.8 Å². The van der Waals surface area contributed by atoms with E-state index in [4.69, 9.17) is 26.5 Å². The van der Waals surface area contributed by atoms with E-state index in [1.165, 1.54) is 0 Å². The van der Waals surface area contributed by atoms with Gasteiger partial charge in [0.05, 0.1) is 17.3 Å². The van der Waals surface area contributed by atoms with Crippen molar-refractivity contribution in [1.82, 2.24) is 14.8 Å². The van der Waals surface area contributed by atoms with E-state index in [-0.39, 0.29) is 17.8 Å². The molecule has 1 fully saturated rings. The number of likely N-dealkylation sites (N-methyl/N-ethyl adjacent to an activating group) is 1. The number of anilines is 2. The third-order valence-electron chi connectivity index (χ3n) is 6.38. The molecular weight excluding hydrogens is 516 g/mol. The molecule has 0 aliphatic carbocycles. The van der Waals surface area contributed by atoms with Gasteiger partial charge in [-0.2, -0.15) is 0 Å². The molecule has 0 unspecified atom stereocenters. The van der Waals surface area contributed by atoms with Gasteiger partial charge in [-0.05, 0) is 62.6 Å². The van der Waals surface area contributed by atoms with Crippen molar-refractivity contribution in [3.63, 3.8) is 0 Å². The fourth-order valence-electron chi connectivity index (χ4n) is 4.35. The Morgan fingerprint density at radius 3 is 2.62 bits per heavy atom. The number of benzene rings is 2. The molecule has 4 rings (SSSR count). The summed E-state index contributed by atoms with van der Waals surface area (Å²) in [6.07, 6.45) is 3.27. The first kappa shape index (κ1) is 28.2. The molecule has 0 radical (unpaired) electrons. The number of hydrogen-bond acceptors (Lipinski definition) is 7. The number of rotatable bonds is 10. The van der Waals surface area contributed by atoms with Crippen LogP contribution in [-0.2, 0) is 11.4 Å². The minimum Gasteiger partial charge on any atom is -0.490 e. The molecule has 2 aromatic carbocycles. The lowest BCUT2D eigenvalue weighted by molar-refractivity contribution is -0.133. The molecule has 39 heavy (non-hydrogen) atoms. The summed E-state index contributed by atoms with van der Waals surface area (Å²) >= 11 is 6.46. The molecule has 206 valence electrons. The molecule has 1 amide bonds. The standard InChI is InChI=1S/C29H35ClN6O3/c1-32-26-9-8-23(39-22-11-14-36(15-12-22)28(37)18-35(2)3)17-24(26)29(31)34-20-7-10-27(25(30)16-20)38-19-21-6-4-5-13-33-21/h4-10,13,16-17,22,32H,11-12,14-15,18-19H2,1-3H3,(H2,31,34). The minimum atomic E-state index is 0.0151. The number of likely N-dealkylation sites (tertiary alicyclic amines) is 1. The highest BCUT2D eigenvalue weighted by Crippen LogP contribution is 2.30. The highest BCUT2D eigenvalue weighted by molar-refractivity contribution is 6.32. The molecule has 1 aromatic heterocycles. The summed E-state index contributed by atoms with van der Waals surface area (Å²) in [5.41, 5.74) is 2.94. The number of ether oxygens (including phenoxy) is 2. The predicted molar refractivity (Wildman–Crippen MR) is 155 cm³/mol. The zero-order valence-corrected chi connectivity index (χ0v) is 23.3. The van der Waals surface area contributed by atoms with Crippen molar-refractivity contribution in [3.8, 4) is 11.5 Å². The molecular formula is C29H35ClN6O3. The average Bonchev–Trinajstić information content (AvgIpc) is 2.93. The van der Waals surface area contributed by atoms with Crippen molar-refractivity contribution in [3.05, 3.63) is 77.1 Å². The number of nitrogens with zero attached hydrogens (tertiary/aromatic N) is 3. The van der Waals surface area contributed by atoms with E-state index in [1.54, 1.807) is 18.3 Å². The summed E-state index contributed by atoms with van der Waals surface area (Å²) in [5.74, 6) is 1.57. The van der Waals surface area contributed by atoms with E-state index in [9.17, 15) is 4.79 Å². The summed E-state index contributed by atoms with van der Waals surface area (Å²) < 4.78 is 12.1. The second kappa shape index (κ2) is 13.3.